The Morgan fingerprint density at radius 1 is 1.20 bits per heavy atom. The number of Topliss-reactive ketones (excluding diaryl/α,β-unsaturated/α-hetero) is 1. The van der Waals surface area contributed by atoms with E-state index in [1.165, 1.54) is 6.92 Å². The normalized spacial score (nSPS) is 45.0. The van der Waals surface area contributed by atoms with Gasteiger partial charge in [0.15, 0.2) is 5.78 Å². The predicted octanol–water partition coefficient (Wildman–Crippen LogP) is 2.83. The van der Waals surface area contributed by atoms with Gasteiger partial charge in [0.1, 0.15) is 5.60 Å². The van der Waals surface area contributed by atoms with E-state index in [0.717, 1.165) is 36.0 Å². The summed E-state index contributed by atoms with van der Waals surface area (Å²) in [7, 11) is 0. The number of aliphatic hydroxyl groups excluding tert-OH is 2. The van der Waals surface area contributed by atoms with E-state index in [2.05, 4.69) is 6.58 Å². The molecule has 0 aromatic rings. The number of hydrogen-bond donors (Lipinski definition) is 3. The number of ketones is 1. The largest absolute Gasteiger partial charge is 0.393 e. The van der Waals surface area contributed by atoms with Crippen LogP contribution in [0.2, 0.25) is 0 Å². The van der Waals surface area contributed by atoms with Gasteiger partial charge < -0.3 is 15.3 Å². The molecule has 0 amide bonds. The summed E-state index contributed by atoms with van der Waals surface area (Å²) in [6.45, 7) is 7.49. The van der Waals surface area contributed by atoms with Crippen molar-refractivity contribution in [1.82, 2.24) is 0 Å². The van der Waals surface area contributed by atoms with Crippen molar-refractivity contribution in [3.63, 3.8) is 0 Å². The molecule has 138 valence electrons. The molecule has 4 nitrogen and oxygen atoms in total. The van der Waals surface area contributed by atoms with Crippen LogP contribution in [0, 0.1) is 11.3 Å². The standard InChI is InChI=1S/C21H30O4/c1-13-4-7-17(23)10-15(13)5-6-16-11-18(24)12-20(3)19(16)8-9-21(20,25)14(2)22/h5-6,17-19,23-25H,1,4,7-12H2,2-3H3/b15-5-,16-6+/t17-,18+,19-,20-,21+/m0/s1. The van der Waals surface area contributed by atoms with Crippen molar-refractivity contribution >= 4 is 5.78 Å². The smallest absolute Gasteiger partial charge is 0.161 e. The van der Waals surface area contributed by atoms with E-state index in [0.29, 0.717) is 25.7 Å². The molecule has 3 aliphatic rings. The second-order valence-electron chi connectivity index (χ2n) is 8.42. The van der Waals surface area contributed by atoms with Crippen LogP contribution in [0.5, 0.6) is 0 Å². The minimum Gasteiger partial charge on any atom is -0.393 e. The summed E-state index contributed by atoms with van der Waals surface area (Å²) >= 11 is 0. The minimum atomic E-state index is -1.35. The highest BCUT2D eigenvalue weighted by molar-refractivity contribution is 5.86. The average molecular weight is 346 g/mol. The monoisotopic (exact) mass is 346 g/mol. The molecule has 0 spiro atoms. The van der Waals surface area contributed by atoms with Crippen LogP contribution in [0.1, 0.15) is 58.8 Å². The molecule has 3 aliphatic carbocycles. The zero-order valence-corrected chi connectivity index (χ0v) is 15.3. The SMILES string of the molecule is C=C1CC[C@H](O)C/C1=C/C=C1\C[C@@H](O)C[C@@]2(C)[C@H]1CC[C@@]2(O)C(C)=O. The second kappa shape index (κ2) is 6.49. The van der Waals surface area contributed by atoms with Gasteiger partial charge >= 0.3 is 0 Å². The summed E-state index contributed by atoms with van der Waals surface area (Å²) < 4.78 is 0. The molecule has 4 heteroatoms. The van der Waals surface area contributed by atoms with Gasteiger partial charge in [-0.25, -0.2) is 0 Å². The molecule has 3 rings (SSSR count). The number of carbonyl (C=O) groups excluding carboxylic acids is 1. The Morgan fingerprint density at radius 3 is 2.60 bits per heavy atom. The first-order valence-electron chi connectivity index (χ1n) is 9.34. The van der Waals surface area contributed by atoms with Gasteiger partial charge in [-0.05, 0) is 63.4 Å². The van der Waals surface area contributed by atoms with E-state index >= 15 is 0 Å². The van der Waals surface area contributed by atoms with Crippen LogP contribution in [0.3, 0.4) is 0 Å². The maximum Gasteiger partial charge on any atom is 0.161 e. The Balaban J connectivity index is 1.92. The van der Waals surface area contributed by atoms with E-state index < -0.39 is 17.1 Å². The van der Waals surface area contributed by atoms with Crippen molar-refractivity contribution < 1.29 is 20.1 Å². The Hall–Kier alpha value is -1.23. The Bertz CT molecular complexity index is 646. The fraction of sp³-hybridized carbons (Fsp3) is 0.667. The first kappa shape index (κ1) is 18.6. The molecule has 5 atom stereocenters. The van der Waals surface area contributed by atoms with E-state index in [1.54, 1.807) is 0 Å². The van der Waals surface area contributed by atoms with Gasteiger partial charge in [0.2, 0.25) is 0 Å². The van der Waals surface area contributed by atoms with E-state index in [4.69, 9.17) is 0 Å². The second-order valence-corrected chi connectivity index (χ2v) is 8.42. The van der Waals surface area contributed by atoms with Crippen LogP contribution in [0.25, 0.3) is 0 Å². The summed E-state index contributed by atoms with van der Waals surface area (Å²) in [5.74, 6) is -0.100. The van der Waals surface area contributed by atoms with Crippen LogP contribution in [0.15, 0.2) is 35.5 Å². The summed E-state index contributed by atoms with van der Waals surface area (Å²) in [5, 5.41) is 31.3. The van der Waals surface area contributed by atoms with Gasteiger partial charge in [-0.15, -0.1) is 0 Å². The molecule has 0 radical (unpaired) electrons. The highest BCUT2D eigenvalue weighted by atomic mass is 16.3. The third-order valence-electron chi connectivity index (χ3n) is 6.86. The molecule has 3 fully saturated rings. The molecule has 0 unspecified atom stereocenters. The minimum absolute atomic E-state index is 0.100. The highest BCUT2D eigenvalue weighted by Crippen LogP contribution is 2.59. The van der Waals surface area contributed by atoms with Gasteiger partial charge in [-0.3, -0.25) is 4.79 Å². The predicted molar refractivity (Wildman–Crippen MR) is 96.9 cm³/mol. The molecule has 25 heavy (non-hydrogen) atoms. The summed E-state index contributed by atoms with van der Waals surface area (Å²) in [4.78, 5) is 12.1. The first-order chi connectivity index (χ1) is 11.7. The highest BCUT2D eigenvalue weighted by Gasteiger charge is 2.61. The van der Waals surface area contributed by atoms with Crippen LogP contribution in [-0.4, -0.2) is 38.9 Å². The number of hydrogen-bond acceptors (Lipinski definition) is 4. The van der Waals surface area contributed by atoms with Crippen molar-refractivity contribution in [2.24, 2.45) is 11.3 Å². The summed E-state index contributed by atoms with van der Waals surface area (Å²) in [6.07, 6.45) is 7.63. The van der Waals surface area contributed by atoms with Crippen molar-refractivity contribution in [3.8, 4) is 0 Å². The molecule has 0 aromatic carbocycles. The maximum absolute atomic E-state index is 12.1. The van der Waals surface area contributed by atoms with Crippen molar-refractivity contribution in [3.05, 3.63) is 35.5 Å². The zero-order valence-electron chi connectivity index (χ0n) is 15.3. The topological polar surface area (TPSA) is 77.8 Å². The van der Waals surface area contributed by atoms with Gasteiger partial charge in [-0.1, -0.05) is 36.8 Å². The molecule has 0 bridgehead atoms. The van der Waals surface area contributed by atoms with Crippen molar-refractivity contribution in [2.45, 2.75) is 76.6 Å². The van der Waals surface area contributed by atoms with Crippen molar-refractivity contribution in [1.29, 1.82) is 0 Å². The Labute approximate surface area is 149 Å². The van der Waals surface area contributed by atoms with Crippen LogP contribution < -0.4 is 0 Å². The molecule has 0 saturated heterocycles. The third kappa shape index (κ3) is 3.05. The molecule has 0 aliphatic heterocycles. The van der Waals surface area contributed by atoms with Crippen LogP contribution >= 0.6 is 0 Å². The lowest BCUT2D eigenvalue weighted by Crippen LogP contribution is -2.53. The maximum atomic E-state index is 12.1. The number of carbonyl (C=O) groups is 1. The lowest BCUT2D eigenvalue weighted by Gasteiger charge is -2.47. The number of rotatable bonds is 2. The van der Waals surface area contributed by atoms with Gasteiger partial charge in [0.25, 0.3) is 0 Å². The van der Waals surface area contributed by atoms with Gasteiger partial charge in [0, 0.05) is 5.41 Å². The molecule has 3 N–H and O–H groups in total. The average Bonchev–Trinajstić information content (AvgIpc) is 2.80. The molecule has 0 heterocycles. The fourth-order valence-electron chi connectivity index (χ4n) is 5.28. The van der Waals surface area contributed by atoms with E-state index in [1.807, 2.05) is 19.1 Å². The first-order valence-corrected chi connectivity index (χ1v) is 9.34. The molecular formula is C21H30O4. The lowest BCUT2D eigenvalue weighted by molar-refractivity contribution is -0.152. The Kier molecular flexibility index (Phi) is 4.82. The molecule has 0 aromatic heterocycles. The third-order valence-corrected chi connectivity index (χ3v) is 6.86. The van der Waals surface area contributed by atoms with Crippen molar-refractivity contribution in [2.75, 3.05) is 0 Å². The number of fused-ring (bicyclic) bond motifs is 1. The quantitative estimate of drug-likeness (QED) is 0.718. The summed E-state index contributed by atoms with van der Waals surface area (Å²) in [6, 6.07) is 0. The van der Waals surface area contributed by atoms with Crippen LogP contribution in [-0.2, 0) is 4.79 Å². The Morgan fingerprint density at radius 2 is 1.92 bits per heavy atom. The van der Waals surface area contributed by atoms with Crippen LogP contribution in [0.4, 0.5) is 0 Å². The summed E-state index contributed by atoms with van der Waals surface area (Å²) in [5.41, 5.74) is 1.25. The number of aliphatic hydroxyl groups is 3. The van der Waals surface area contributed by atoms with E-state index in [9.17, 15) is 20.1 Å². The van der Waals surface area contributed by atoms with E-state index in [-0.39, 0.29) is 17.8 Å². The fourth-order valence-corrected chi connectivity index (χ4v) is 5.28. The molecular weight excluding hydrogens is 316 g/mol. The zero-order chi connectivity index (χ0) is 18.4. The lowest BCUT2D eigenvalue weighted by atomic mass is 9.60. The van der Waals surface area contributed by atoms with Gasteiger partial charge in [0.05, 0.1) is 12.2 Å². The number of allylic oxidation sites excluding steroid dienone is 3. The molecule has 3 saturated carbocycles. The van der Waals surface area contributed by atoms with Gasteiger partial charge in [-0.2, -0.15) is 0 Å².